The molecule has 2 rings (SSSR count). The molecule has 1 aromatic rings. The number of ether oxygens (including phenoxy) is 1. The molecular formula is C17H23ClN2O3. The fourth-order valence-corrected chi connectivity index (χ4v) is 2.95. The summed E-state index contributed by atoms with van der Waals surface area (Å²) in [6.45, 7) is 1.81. The third-order valence-corrected chi connectivity index (χ3v) is 4.56. The predicted octanol–water partition coefficient (Wildman–Crippen LogP) is 3.29. The molecule has 0 bridgehead atoms. The lowest BCUT2D eigenvalue weighted by Crippen LogP contribution is -2.37. The van der Waals surface area contributed by atoms with Crippen LogP contribution in [0.15, 0.2) is 12.1 Å². The molecule has 1 saturated carbocycles. The van der Waals surface area contributed by atoms with E-state index in [9.17, 15) is 9.59 Å². The molecule has 6 heteroatoms. The highest BCUT2D eigenvalue weighted by Crippen LogP contribution is 2.30. The topological polar surface area (TPSA) is 67.4 Å². The summed E-state index contributed by atoms with van der Waals surface area (Å²) in [6, 6.07) is 3.41. The first kappa shape index (κ1) is 17.6. The number of benzene rings is 1. The maximum absolute atomic E-state index is 12.0. The molecule has 0 heterocycles. The fourth-order valence-electron chi connectivity index (χ4n) is 2.80. The maximum atomic E-state index is 12.0. The van der Waals surface area contributed by atoms with Gasteiger partial charge < -0.3 is 15.4 Å². The van der Waals surface area contributed by atoms with Gasteiger partial charge in [-0.05, 0) is 31.4 Å². The number of carbonyl (C=O) groups excluding carboxylic acids is 2. The van der Waals surface area contributed by atoms with Crippen molar-refractivity contribution in [1.82, 2.24) is 5.32 Å². The van der Waals surface area contributed by atoms with E-state index in [1.165, 1.54) is 13.5 Å². The Bertz CT molecular complexity index is 583. The summed E-state index contributed by atoms with van der Waals surface area (Å²) in [5.41, 5.74) is 1.39. The first-order chi connectivity index (χ1) is 11.0. The Kier molecular flexibility index (Phi) is 6.28. The molecule has 0 radical (unpaired) electrons. The maximum Gasteiger partial charge on any atom is 0.243 e. The van der Waals surface area contributed by atoms with Crippen LogP contribution in [0.2, 0.25) is 5.02 Å². The van der Waals surface area contributed by atoms with Crippen molar-refractivity contribution in [1.29, 1.82) is 0 Å². The van der Waals surface area contributed by atoms with Gasteiger partial charge in [-0.15, -0.1) is 0 Å². The number of rotatable bonds is 5. The minimum Gasteiger partial charge on any atom is -0.495 e. The summed E-state index contributed by atoms with van der Waals surface area (Å²) in [6.07, 6.45) is 5.20. The molecule has 5 nitrogen and oxygen atoms in total. The van der Waals surface area contributed by atoms with Gasteiger partial charge in [0.2, 0.25) is 11.8 Å². The van der Waals surface area contributed by atoms with Crippen molar-refractivity contribution in [3.63, 3.8) is 0 Å². The van der Waals surface area contributed by atoms with E-state index in [0.29, 0.717) is 16.5 Å². The normalized spacial score (nSPS) is 15.1. The SMILES string of the molecule is COc1cc(Cl)c(C)cc1NC(=O)CNC(=O)C1CCCCC1. The van der Waals surface area contributed by atoms with Crippen molar-refractivity contribution in [2.24, 2.45) is 5.92 Å². The molecule has 2 amide bonds. The molecule has 0 aliphatic heterocycles. The minimum atomic E-state index is -0.283. The number of hydrogen-bond acceptors (Lipinski definition) is 3. The van der Waals surface area contributed by atoms with E-state index in [1.54, 1.807) is 12.1 Å². The number of hydrogen-bond donors (Lipinski definition) is 2. The van der Waals surface area contributed by atoms with Crippen molar-refractivity contribution in [2.45, 2.75) is 39.0 Å². The number of carbonyl (C=O) groups is 2. The highest BCUT2D eigenvalue weighted by atomic mass is 35.5. The summed E-state index contributed by atoms with van der Waals surface area (Å²) in [5, 5.41) is 6.04. The van der Waals surface area contributed by atoms with Crippen LogP contribution in [0.1, 0.15) is 37.7 Å². The quantitative estimate of drug-likeness (QED) is 0.865. The van der Waals surface area contributed by atoms with E-state index < -0.39 is 0 Å². The number of anilines is 1. The second-order valence-corrected chi connectivity index (χ2v) is 6.31. The van der Waals surface area contributed by atoms with Gasteiger partial charge in [0.1, 0.15) is 5.75 Å². The van der Waals surface area contributed by atoms with Crippen molar-refractivity contribution >= 4 is 29.1 Å². The number of halogens is 1. The third kappa shape index (κ3) is 4.86. The van der Waals surface area contributed by atoms with Gasteiger partial charge in [-0.3, -0.25) is 9.59 Å². The van der Waals surface area contributed by atoms with E-state index in [-0.39, 0.29) is 24.3 Å². The second kappa shape index (κ2) is 8.20. The fraction of sp³-hybridized carbons (Fsp3) is 0.529. The Balaban J connectivity index is 1.89. The van der Waals surface area contributed by atoms with Crippen molar-refractivity contribution in [2.75, 3.05) is 19.0 Å². The molecule has 126 valence electrons. The van der Waals surface area contributed by atoms with Crippen LogP contribution in [0.3, 0.4) is 0 Å². The molecule has 23 heavy (non-hydrogen) atoms. The molecule has 1 fully saturated rings. The van der Waals surface area contributed by atoms with Crippen LogP contribution in [-0.4, -0.2) is 25.5 Å². The monoisotopic (exact) mass is 338 g/mol. The zero-order valence-corrected chi connectivity index (χ0v) is 14.3. The molecular weight excluding hydrogens is 316 g/mol. The molecule has 0 aromatic heterocycles. The van der Waals surface area contributed by atoms with Crippen molar-refractivity contribution < 1.29 is 14.3 Å². The van der Waals surface area contributed by atoms with Gasteiger partial charge in [-0.1, -0.05) is 30.9 Å². The van der Waals surface area contributed by atoms with E-state index in [1.807, 2.05) is 6.92 Å². The Morgan fingerprint density at radius 3 is 2.61 bits per heavy atom. The van der Waals surface area contributed by atoms with Crippen LogP contribution in [0.4, 0.5) is 5.69 Å². The van der Waals surface area contributed by atoms with Gasteiger partial charge in [0.15, 0.2) is 0 Å². The Labute approximate surface area is 141 Å². The Morgan fingerprint density at radius 2 is 1.96 bits per heavy atom. The lowest BCUT2D eigenvalue weighted by atomic mass is 9.89. The smallest absolute Gasteiger partial charge is 0.243 e. The zero-order valence-electron chi connectivity index (χ0n) is 13.6. The second-order valence-electron chi connectivity index (χ2n) is 5.90. The average Bonchev–Trinajstić information content (AvgIpc) is 2.56. The van der Waals surface area contributed by atoms with E-state index >= 15 is 0 Å². The highest BCUT2D eigenvalue weighted by molar-refractivity contribution is 6.31. The summed E-state index contributed by atoms with van der Waals surface area (Å²) in [7, 11) is 1.52. The number of methoxy groups -OCH3 is 1. The van der Waals surface area contributed by atoms with Gasteiger partial charge in [0, 0.05) is 17.0 Å². The van der Waals surface area contributed by atoms with Crippen LogP contribution in [-0.2, 0) is 9.59 Å². The minimum absolute atomic E-state index is 0.0286. The molecule has 0 spiro atoms. The summed E-state index contributed by atoms with van der Waals surface area (Å²) in [5.74, 6) is 0.227. The molecule has 2 N–H and O–H groups in total. The van der Waals surface area contributed by atoms with E-state index in [4.69, 9.17) is 16.3 Å². The number of aryl methyl sites for hydroxylation is 1. The standard InChI is InChI=1S/C17H23ClN2O3/c1-11-8-14(15(23-2)9-13(11)18)20-16(21)10-19-17(22)12-6-4-3-5-7-12/h8-9,12H,3-7,10H2,1-2H3,(H,19,22)(H,20,21). The number of amides is 2. The Morgan fingerprint density at radius 1 is 1.26 bits per heavy atom. The van der Waals surface area contributed by atoms with Crippen LogP contribution < -0.4 is 15.4 Å². The molecule has 0 saturated heterocycles. The highest BCUT2D eigenvalue weighted by Gasteiger charge is 2.21. The third-order valence-electron chi connectivity index (χ3n) is 4.15. The first-order valence-electron chi connectivity index (χ1n) is 7.93. The van der Waals surface area contributed by atoms with Crippen molar-refractivity contribution in [3.8, 4) is 5.75 Å². The largest absolute Gasteiger partial charge is 0.495 e. The molecule has 1 aromatic carbocycles. The lowest BCUT2D eigenvalue weighted by Gasteiger charge is -2.20. The predicted molar refractivity (Wildman–Crippen MR) is 91.0 cm³/mol. The summed E-state index contributed by atoms with van der Waals surface area (Å²) < 4.78 is 5.22. The summed E-state index contributed by atoms with van der Waals surface area (Å²) >= 11 is 6.04. The Hall–Kier alpha value is -1.75. The van der Waals surface area contributed by atoms with Gasteiger partial charge in [-0.2, -0.15) is 0 Å². The first-order valence-corrected chi connectivity index (χ1v) is 8.30. The van der Waals surface area contributed by atoms with E-state index in [0.717, 1.165) is 31.2 Å². The molecule has 0 atom stereocenters. The molecule has 1 aliphatic carbocycles. The van der Waals surface area contributed by atoms with Crippen LogP contribution in [0, 0.1) is 12.8 Å². The van der Waals surface area contributed by atoms with Crippen LogP contribution in [0.5, 0.6) is 5.75 Å². The van der Waals surface area contributed by atoms with Gasteiger partial charge in [0.25, 0.3) is 0 Å². The van der Waals surface area contributed by atoms with Crippen LogP contribution in [0.25, 0.3) is 0 Å². The molecule has 1 aliphatic rings. The lowest BCUT2D eigenvalue weighted by molar-refractivity contribution is -0.128. The van der Waals surface area contributed by atoms with E-state index in [2.05, 4.69) is 10.6 Å². The molecule has 0 unspecified atom stereocenters. The zero-order chi connectivity index (χ0) is 16.8. The van der Waals surface area contributed by atoms with Crippen LogP contribution >= 0.6 is 11.6 Å². The summed E-state index contributed by atoms with van der Waals surface area (Å²) in [4.78, 5) is 24.1. The van der Waals surface area contributed by atoms with Crippen molar-refractivity contribution in [3.05, 3.63) is 22.7 Å². The average molecular weight is 339 g/mol. The van der Waals surface area contributed by atoms with Gasteiger partial charge in [0.05, 0.1) is 19.3 Å². The number of nitrogens with one attached hydrogen (secondary N) is 2. The van der Waals surface area contributed by atoms with Gasteiger partial charge in [-0.25, -0.2) is 0 Å². The van der Waals surface area contributed by atoms with Gasteiger partial charge >= 0.3 is 0 Å².